The summed E-state index contributed by atoms with van der Waals surface area (Å²) in [4.78, 5) is 12.1. The molecule has 2 aromatic rings. The van der Waals surface area contributed by atoms with Gasteiger partial charge in [0.15, 0.2) is 11.5 Å². The molecule has 0 aliphatic heterocycles. The van der Waals surface area contributed by atoms with Crippen molar-refractivity contribution in [2.24, 2.45) is 0 Å². The molecule has 0 heterocycles. The molecule has 6 heteroatoms. The number of halogens is 1. The highest BCUT2D eigenvalue weighted by atomic mass is 35.5. The highest BCUT2D eigenvalue weighted by Gasteiger charge is 2.10. The summed E-state index contributed by atoms with van der Waals surface area (Å²) in [5.41, 5.74) is 1.06. The fourth-order valence-electron chi connectivity index (χ4n) is 1.72. The molecule has 0 saturated heterocycles. The van der Waals surface area contributed by atoms with Crippen molar-refractivity contribution in [1.29, 1.82) is 5.26 Å². The molecule has 2 N–H and O–H groups in total. The van der Waals surface area contributed by atoms with Gasteiger partial charge in [0.05, 0.1) is 17.7 Å². The highest BCUT2D eigenvalue weighted by molar-refractivity contribution is 6.32. The number of rotatable bonds is 3. The zero-order chi connectivity index (χ0) is 15.4. The Morgan fingerprint density at radius 2 is 2.10 bits per heavy atom. The normalized spacial score (nSPS) is 9.76. The van der Waals surface area contributed by atoms with Crippen LogP contribution in [0.2, 0.25) is 5.02 Å². The van der Waals surface area contributed by atoms with E-state index in [4.69, 9.17) is 21.6 Å². The molecular formula is C15H11ClN2O3. The first-order chi connectivity index (χ1) is 10.0. The monoisotopic (exact) mass is 302 g/mol. The number of phenols is 1. The van der Waals surface area contributed by atoms with E-state index in [1.54, 1.807) is 6.07 Å². The van der Waals surface area contributed by atoms with Crippen molar-refractivity contribution in [3.63, 3.8) is 0 Å². The van der Waals surface area contributed by atoms with Crippen LogP contribution in [0.5, 0.6) is 11.5 Å². The maximum atomic E-state index is 12.1. The summed E-state index contributed by atoms with van der Waals surface area (Å²) in [5.74, 6) is -0.246. The van der Waals surface area contributed by atoms with Crippen LogP contribution in [0, 0.1) is 11.3 Å². The van der Waals surface area contributed by atoms with Crippen molar-refractivity contribution >= 4 is 23.2 Å². The summed E-state index contributed by atoms with van der Waals surface area (Å²) in [6, 6.07) is 10.8. The molecule has 0 unspecified atom stereocenters. The third-order valence-corrected chi connectivity index (χ3v) is 3.10. The number of carbonyl (C=O) groups excluding carboxylic acids is 1. The lowest BCUT2D eigenvalue weighted by Gasteiger charge is -2.08. The number of ether oxygens (including phenoxy) is 1. The highest BCUT2D eigenvalue weighted by Crippen LogP contribution is 2.27. The molecule has 0 fully saturated rings. The van der Waals surface area contributed by atoms with Crippen molar-refractivity contribution in [3.05, 3.63) is 52.5 Å². The van der Waals surface area contributed by atoms with Gasteiger partial charge in [-0.3, -0.25) is 4.79 Å². The van der Waals surface area contributed by atoms with Crippen LogP contribution >= 0.6 is 11.6 Å². The second-order valence-corrected chi connectivity index (χ2v) is 4.55. The number of nitriles is 1. The topological polar surface area (TPSA) is 82.3 Å². The molecule has 0 spiro atoms. The Balaban J connectivity index is 2.20. The molecule has 1 amide bonds. The Bertz CT molecular complexity index is 738. The summed E-state index contributed by atoms with van der Waals surface area (Å²) in [6.07, 6.45) is 0. The minimum Gasteiger partial charge on any atom is -0.504 e. The fourth-order valence-corrected chi connectivity index (χ4v) is 1.94. The lowest BCUT2D eigenvalue weighted by atomic mass is 10.1. The van der Waals surface area contributed by atoms with Gasteiger partial charge in [0.1, 0.15) is 6.07 Å². The number of benzene rings is 2. The van der Waals surface area contributed by atoms with Crippen LogP contribution < -0.4 is 10.1 Å². The molecule has 0 radical (unpaired) electrons. The number of carbonyl (C=O) groups is 1. The van der Waals surface area contributed by atoms with Crippen LogP contribution in [0.4, 0.5) is 5.69 Å². The third kappa shape index (κ3) is 3.25. The average Bonchev–Trinajstić information content (AvgIpc) is 2.47. The number of nitrogens with one attached hydrogen (secondary N) is 1. The quantitative estimate of drug-likeness (QED) is 0.912. The zero-order valence-electron chi connectivity index (χ0n) is 11.1. The summed E-state index contributed by atoms with van der Waals surface area (Å²) in [5, 5.41) is 21.3. The number of hydrogen-bond donors (Lipinski definition) is 2. The van der Waals surface area contributed by atoms with Gasteiger partial charge in [-0.25, -0.2) is 0 Å². The van der Waals surface area contributed by atoms with Crippen LogP contribution in [0.3, 0.4) is 0 Å². The van der Waals surface area contributed by atoms with E-state index in [1.165, 1.54) is 37.4 Å². The van der Waals surface area contributed by atoms with Crippen molar-refractivity contribution in [3.8, 4) is 17.6 Å². The predicted molar refractivity (Wildman–Crippen MR) is 78.8 cm³/mol. The van der Waals surface area contributed by atoms with Gasteiger partial charge >= 0.3 is 0 Å². The van der Waals surface area contributed by atoms with Crippen LogP contribution in [0.15, 0.2) is 36.4 Å². The van der Waals surface area contributed by atoms with E-state index < -0.39 is 5.91 Å². The van der Waals surface area contributed by atoms with E-state index in [0.29, 0.717) is 11.3 Å². The molecule has 0 atom stereocenters. The number of nitrogens with zero attached hydrogens (tertiary/aromatic N) is 1. The number of aromatic hydroxyl groups is 1. The Kier molecular flexibility index (Phi) is 4.31. The van der Waals surface area contributed by atoms with Crippen LogP contribution in [-0.2, 0) is 0 Å². The van der Waals surface area contributed by atoms with E-state index in [2.05, 4.69) is 5.32 Å². The maximum Gasteiger partial charge on any atom is 0.255 e. The minimum atomic E-state index is -0.409. The van der Waals surface area contributed by atoms with Crippen molar-refractivity contribution in [1.82, 2.24) is 0 Å². The van der Waals surface area contributed by atoms with Gasteiger partial charge in [0, 0.05) is 11.3 Å². The van der Waals surface area contributed by atoms with Gasteiger partial charge in [-0.2, -0.15) is 5.26 Å². The van der Waals surface area contributed by atoms with Crippen LogP contribution in [0.1, 0.15) is 15.9 Å². The molecule has 0 aliphatic carbocycles. The third-order valence-electron chi connectivity index (χ3n) is 2.79. The lowest BCUT2D eigenvalue weighted by molar-refractivity contribution is 0.102. The summed E-state index contributed by atoms with van der Waals surface area (Å²) >= 11 is 5.89. The molecule has 0 bridgehead atoms. The Hall–Kier alpha value is -2.71. The van der Waals surface area contributed by atoms with Gasteiger partial charge in [0.25, 0.3) is 5.91 Å². The second-order valence-electron chi connectivity index (χ2n) is 4.15. The number of hydrogen-bond acceptors (Lipinski definition) is 4. The second kappa shape index (κ2) is 6.16. The molecule has 2 rings (SSSR count). The largest absolute Gasteiger partial charge is 0.504 e. The van der Waals surface area contributed by atoms with Crippen LogP contribution in [-0.4, -0.2) is 18.1 Å². The SMILES string of the molecule is COc1ccc(C(=O)Nc2ccc(C#N)c(Cl)c2)cc1O. The summed E-state index contributed by atoms with van der Waals surface area (Å²) in [6.45, 7) is 0. The van der Waals surface area contributed by atoms with E-state index >= 15 is 0 Å². The van der Waals surface area contributed by atoms with Crippen molar-refractivity contribution in [2.45, 2.75) is 0 Å². The van der Waals surface area contributed by atoms with E-state index in [1.807, 2.05) is 6.07 Å². The molecule has 106 valence electrons. The first kappa shape index (κ1) is 14.7. The Morgan fingerprint density at radius 3 is 2.67 bits per heavy atom. The Morgan fingerprint density at radius 1 is 1.33 bits per heavy atom. The smallest absolute Gasteiger partial charge is 0.255 e. The van der Waals surface area contributed by atoms with Gasteiger partial charge in [-0.05, 0) is 36.4 Å². The Labute approximate surface area is 126 Å². The molecule has 0 aliphatic rings. The summed E-state index contributed by atoms with van der Waals surface area (Å²) < 4.78 is 4.91. The lowest BCUT2D eigenvalue weighted by Crippen LogP contribution is -2.11. The predicted octanol–water partition coefficient (Wildman–Crippen LogP) is 3.18. The van der Waals surface area contributed by atoms with E-state index in [-0.39, 0.29) is 22.1 Å². The molecule has 0 aromatic heterocycles. The molecule has 0 saturated carbocycles. The zero-order valence-corrected chi connectivity index (χ0v) is 11.8. The van der Waals surface area contributed by atoms with Crippen molar-refractivity contribution in [2.75, 3.05) is 12.4 Å². The number of phenolic OH excluding ortho intramolecular Hbond substituents is 1. The average molecular weight is 303 g/mol. The van der Waals surface area contributed by atoms with E-state index in [0.717, 1.165) is 0 Å². The van der Waals surface area contributed by atoms with Gasteiger partial charge in [-0.1, -0.05) is 11.6 Å². The standard InChI is InChI=1S/C15H11ClN2O3/c1-21-14-5-3-9(6-13(14)19)15(20)18-11-4-2-10(8-17)12(16)7-11/h2-7,19H,1H3,(H,18,20). The maximum absolute atomic E-state index is 12.1. The van der Waals surface area contributed by atoms with Gasteiger partial charge < -0.3 is 15.2 Å². The molecular weight excluding hydrogens is 292 g/mol. The van der Waals surface area contributed by atoms with Gasteiger partial charge in [-0.15, -0.1) is 0 Å². The number of anilines is 1. The van der Waals surface area contributed by atoms with Crippen molar-refractivity contribution < 1.29 is 14.6 Å². The van der Waals surface area contributed by atoms with Gasteiger partial charge in [0.2, 0.25) is 0 Å². The number of methoxy groups -OCH3 is 1. The first-order valence-electron chi connectivity index (χ1n) is 5.93. The first-order valence-corrected chi connectivity index (χ1v) is 6.31. The van der Waals surface area contributed by atoms with E-state index in [9.17, 15) is 9.90 Å². The number of amides is 1. The molecule has 21 heavy (non-hydrogen) atoms. The fraction of sp³-hybridized carbons (Fsp3) is 0.0667. The molecule has 5 nitrogen and oxygen atoms in total. The molecule has 2 aromatic carbocycles. The summed E-state index contributed by atoms with van der Waals surface area (Å²) in [7, 11) is 1.42. The minimum absolute atomic E-state index is 0.122. The van der Waals surface area contributed by atoms with Crippen LogP contribution in [0.25, 0.3) is 0 Å².